The van der Waals surface area contributed by atoms with E-state index in [-0.39, 0.29) is 18.4 Å². The number of furan rings is 1. The van der Waals surface area contributed by atoms with Gasteiger partial charge in [-0.15, -0.1) is 0 Å². The summed E-state index contributed by atoms with van der Waals surface area (Å²) in [7, 11) is 0. The van der Waals surface area contributed by atoms with Gasteiger partial charge in [0.05, 0.1) is 29.6 Å². The van der Waals surface area contributed by atoms with Gasteiger partial charge in [-0.05, 0) is 37.3 Å². The van der Waals surface area contributed by atoms with Crippen molar-refractivity contribution in [1.82, 2.24) is 14.8 Å². The molecule has 8 nitrogen and oxygen atoms in total. The molecule has 1 N–H and O–H groups in total. The van der Waals surface area contributed by atoms with Crippen LogP contribution >= 0.6 is 11.3 Å². The maximum atomic E-state index is 12.4. The summed E-state index contributed by atoms with van der Waals surface area (Å²) in [6.07, 6.45) is 1.49. The molecule has 0 unspecified atom stereocenters. The van der Waals surface area contributed by atoms with Crippen molar-refractivity contribution in [3.8, 4) is 5.75 Å². The molecule has 0 radical (unpaired) electrons. The van der Waals surface area contributed by atoms with Crippen LogP contribution in [0.3, 0.4) is 0 Å². The zero-order valence-electron chi connectivity index (χ0n) is 16.1. The van der Waals surface area contributed by atoms with Crippen molar-refractivity contribution in [3.05, 3.63) is 42.4 Å². The van der Waals surface area contributed by atoms with Gasteiger partial charge in [0.1, 0.15) is 5.75 Å². The molecule has 0 bridgehead atoms. The van der Waals surface area contributed by atoms with E-state index in [0.29, 0.717) is 43.7 Å². The van der Waals surface area contributed by atoms with Crippen molar-refractivity contribution in [2.45, 2.75) is 6.92 Å². The first kappa shape index (κ1) is 19.4. The number of fused-ring (bicyclic) bond motifs is 1. The normalized spacial score (nSPS) is 14.9. The predicted molar refractivity (Wildman–Crippen MR) is 110 cm³/mol. The summed E-state index contributed by atoms with van der Waals surface area (Å²) in [5.41, 5.74) is 0.832. The number of carbonyl (C=O) groups is 2. The summed E-state index contributed by atoms with van der Waals surface area (Å²) in [5.74, 6) is 0.919. The topological polar surface area (TPSA) is 87.9 Å². The summed E-state index contributed by atoms with van der Waals surface area (Å²) in [6, 6.07) is 9.06. The van der Waals surface area contributed by atoms with Gasteiger partial charge in [-0.3, -0.25) is 14.5 Å². The molecule has 2 aromatic heterocycles. The van der Waals surface area contributed by atoms with Crippen LogP contribution in [-0.4, -0.2) is 65.9 Å². The molecule has 152 valence electrons. The van der Waals surface area contributed by atoms with Gasteiger partial charge >= 0.3 is 0 Å². The minimum Gasteiger partial charge on any atom is -0.494 e. The number of carbonyl (C=O) groups excluding carboxylic acids is 2. The first-order valence-corrected chi connectivity index (χ1v) is 10.3. The lowest BCUT2D eigenvalue weighted by Gasteiger charge is -2.33. The Morgan fingerprint density at radius 3 is 2.79 bits per heavy atom. The number of nitrogens with zero attached hydrogens (tertiary/aromatic N) is 3. The number of nitrogens with one attached hydrogen (secondary N) is 1. The Labute approximate surface area is 172 Å². The maximum absolute atomic E-state index is 12.4. The Morgan fingerprint density at radius 2 is 2.07 bits per heavy atom. The van der Waals surface area contributed by atoms with Crippen LogP contribution in [0.15, 0.2) is 41.0 Å². The zero-order chi connectivity index (χ0) is 20.2. The standard InChI is InChI=1S/C20H22N4O4S/c1-2-27-14-5-6-15-17(12-14)29-20(21-15)22-18(25)13-23-7-9-24(10-8-23)19(26)16-4-3-11-28-16/h3-6,11-12H,2,7-10,13H2,1H3,(H,21,22,25). The largest absolute Gasteiger partial charge is 0.494 e. The number of aromatic nitrogens is 1. The number of thiazole rings is 1. The summed E-state index contributed by atoms with van der Waals surface area (Å²) in [4.78, 5) is 33.0. The molecule has 2 amide bonds. The lowest BCUT2D eigenvalue weighted by Crippen LogP contribution is -2.50. The molecular weight excluding hydrogens is 392 g/mol. The minimum absolute atomic E-state index is 0.111. The molecule has 1 aromatic carbocycles. The summed E-state index contributed by atoms with van der Waals surface area (Å²) in [6.45, 7) is 5.21. The number of hydrogen-bond donors (Lipinski definition) is 1. The average Bonchev–Trinajstić information content (AvgIpc) is 3.37. The highest BCUT2D eigenvalue weighted by molar-refractivity contribution is 7.22. The molecule has 1 aliphatic rings. The van der Waals surface area contributed by atoms with Gasteiger partial charge < -0.3 is 19.4 Å². The molecule has 4 rings (SSSR count). The quantitative estimate of drug-likeness (QED) is 0.667. The number of piperazine rings is 1. The third-order valence-corrected chi connectivity index (χ3v) is 5.61. The van der Waals surface area contributed by atoms with E-state index in [1.54, 1.807) is 17.0 Å². The van der Waals surface area contributed by atoms with Crippen molar-refractivity contribution in [2.75, 3.05) is 44.6 Å². The number of rotatable bonds is 6. The molecule has 9 heteroatoms. The van der Waals surface area contributed by atoms with Crippen LogP contribution < -0.4 is 10.1 Å². The van der Waals surface area contributed by atoms with Crippen molar-refractivity contribution in [1.29, 1.82) is 0 Å². The van der Waals surface area contributed by atoms with E-state index in [1.807, 2.05) is 30.0 Å². The van der Waals surface area contributed by atoms with Gasteiger partial charge in [-0.1, -0.05) is 11.3 Å². The third kappa shape index (κ3) is 4.57. The summed E-state index contributed by atoms with van der Waals surface area (Å²) in [5, 5.41) is 3.45. The van der Waals surface area contributed by atoms with Gasteiger partial charge in [-0.2, -0.15) is 0 Å². The number of ether oxygens (including phenoxy) is 1. The monoisotopic (exact) mass is 414 g/mol. The molecular formula is C20H22N4O4S. The van der Waals surface area contributed by atoms with Crippen LogP contribution in [0.1, 0.15) is 17.5 Å². The minimum atomic E-state index is -0.111. The second kappa shape index (κ2) is 8.62. The second-order valence-corrected chi connectivity index (χ2v) is 7.71. The second-order valence-electron chi connectivity index (χ2n) is 6.68. The van der Waals surface area contributed by atoms with Gasteiger partial charge in [-0.25, -0.2) is 4.98 Å². The van der Waals surface area contributed by atoms with Gasteiger partial charge in [0.15, 0.2) is 10.9 Å². The van der Waals surface area contributed by atoms with Crippen molar-refractivity contribution < 1.29 is 18.7 Å². The highest BCUT2D eigenvalue weighted by Gasteiger charge is 2.24. The van der Waals surface area contributed by atoms with Gasteiger partial charge in [0.25, 0.3) is 5.91 Å². The Bertz CT molecular complexity index is 993. The van der Waals surface area contributed by atoms with E-state index in [9.17, 15) is 9.59 Å². The first-order chi connectivity index (χ1) is 14.1. The fraction of sp³-hybridized carbons (Fsp3) is 0.350. The van der Waals surface area contributed by atoms with E-state index < -0.39 is 0 Å². The highest BCUT2D eigenvalue weighted by atomic mass is 32.1. The van der Waals surface area contributed by atoms with Crippen molar-refractivity contribution in [3.63, 3.8) is 0 Å². The Kier molecular flexibility index (Phi) is 5.77. The van der Waals surface area contributed by atoms with E-state index in [2.05, 4.69) is 10.3 Å². The molecule has 1 aliphatic heterocycles. The van der Waals surface area contributed by atoms with Crippen molar-refractivity contribution in [2.24, 2.45) is 0 Å². The molecule has 3 heterocycles. The maximum Gasteiger partial charge on any atom is 0.289 e. The molecule has 0 spiro atoms. The lowest BCUT2D eigenvalue weighted by molar-refractivity contribution is -0.117. The Hall–Kier alpha value is -2.91. The number of hydrogen-bond acceptors (Lipinski definition) is 7. The SMILES string of the molecule is CCOc1ccc2nc(NC(=O)CN3CCN(C(=O)c4ccco4)CC3)sc2c1. The average molecular weight is 414 g/mol. The molecule has 0 saturated carbocycles. The Balaban J connectivity index is 1.29. The number of anilines is 1. The van der Waals surface area contributed by atoms with Crippen molar-refractivity contribution >= 4 is 38.5 Å². The van der Waals surface area contributed by atoms with Crippen LogP contribution in [0.25, 0.3) is 10.2 Å². The fourth-order valence-electron chi connectivity index (χ4n) is 3.24. The Morgan fingerprint density at radius 1 is 1.24 bits per heavy atom. The van der Waals surface area contributed by atoms with Crippen LogP contribution in [0.4, 0.5) is 5.13 Å². The zero-order valence-corrected chi connectivity index (χ0v) is 16.9. The smallest absolute Gasteiger partial charge is 0.289 e. The first-order valence-electron chi connectivity index (χ1n) is 9.51. The lowest BCUT2D eigenvalue weighted by atomic mass is 10.3. The van der Waals surface area contributed by atoms with Gasteiger partial charge in [0, 0.05) is 26.2 Å². The van der Waals surface area contributed by atoms with Crippen LogP contribution in [0, 0.1) is 0 Å². The summed E-state index contributed by atoms with van der Waals surface area (Å²) >= 11 is 1.43. The van der Waals surface area contributed by atoms with E-state index >= 15 is 0 Å². The number of benzene rings is 1. The predicted octanol–water partition coefficient (Wildman–Crippen LogP) is 2.68. The highest BCUT2D eigenvalue weighted by Crippen LogP contribution is 2.29. The fourth-order valence-corrected chi connectivity index (χ4v) is 4.15. The van der Waals surface area contributed by atoms with Crippen LogP contribution in [-0.2, 0) is 4.79 Å². The van der Waals surface area contributed by atoms with E-state index in [4.69, 9.17) is 9.15 Å². The third-order valence-electron chi connectivity index (χ3n) is 4.68. The van der Waals surface area contributed by atoms with E-state index in [1.165, 1.54) is 17.6 Å². The molecule has 29 heavy (non-hydrogen) atoms. The van der Waals surface area contributed by atoms with Crippen LogP contribution in [0.2, 0.25) is 0 Å². The van der Waals surface area contributed by atoms with E-state index in [0.717, 1.165) is 16.0 Å². The number of amides is 2. The molecule has 0 atom stereocenters. The molecule has 1 fully saturated rings. The molecule has 0 aliphatic carbocycles. The molecule has 1 saturated heterocycles. The van der Waals surface area contributed by atoms with Crippen LogP contribution in [0.5, 0.6) is 5.75 Å². The summed E-state index contributed by atoms with van der Waals surface area (Å²) < 4.78 is 11.6. The van der Waals surface area contributed by atoms with Gasteiger partial charge in [0.2, 0.25) is 5.91 Å². The molecule has 3 aromatic rings.